The largest absolute Gasteiger partial charge is 0.481 e. The van der Waals surface area contributed by atoms with E-state index in [1.807, 2.05) is 0 Å². The van der Waals surface area contributed by atoms with E-state index in [1.54, 1.807) is 0 Å². The van der Waals surface area contributed by atoms with E-state index in [9.17, 15) is 18.3 Å². The molecule has 6 heteroatoms. The lowest BCUT2D eigenvalue weighted by molar-refractivity contribution is -0.144. The molecule has 2 rings (SSSR count). The van der Waals surface area contributed by atoms with Crippen molar-refractivity contribution in [3.8, 4) is 0 Å². The number of sulfonamides is 1. The molecule has 0 radical (unpaired) electrons. The van der Waals surface area contributed by atoms with Crippen LogP contribution in [0.25, 0.3) is 0 Å². The summed E-state index contributed by atoms with van der Waals surface area (Å²) >= 11 is 0. The Bertz CT molecular complexity index is 443. The third-order valence-electron chi connectivity index (χ3n) is 4.97. The first-order valence-electron chi connectivity index (χ1n) is 8.18. The molecule has 0 aromatic heterocycles. The molecule has 0 aromatic carbocycles. The predicted molar refractivity (Wildman–Crippen MR) is 81.4 cm³/mol. The first kappa shape index (κ1) is 16.7. The summed E-state index contributed by atoms with van der Waals surface area (Å²) in [4.78, 5) is 11.2. The number of nitrogens with one attached hydrogen (secondary N) is 1. The standard InChI is InChI=1S/C15H27NO4S/c17-15(18)14-9-5-4-8-13(14)10-16-21(19,20)11-12-6-2-1-3-7-12/h12-14,16H,1-11H2,(H,17,18). The van der Waals surface area contributed by atoms with Crippen molar-refractivity contribution >= 4 is 16.0 Å². The van der Waals surface area contributed by atoms with Gasteiger partial charge in [-0.2, -0.15) is 0 Å². The van der Waals surface area contributed by atoms with Gasteiger partial charge >= 0.3 is 5.97 Å². The first-order chi connectivity index (χ1) is 9.98. The van der Waals surface area contributed by atoms with Gasteiger partial charge in [-0.1, -0.05) is 32.1 Å². The fraction of sp³-hybridized carbons (Fsp3) is 0.933. The Kier molecular flexibility index (Phi) is 6.05. The molecule has 0 amide bonds. The van der Waals surface area contributed by atoms with Crippen molar-refractivity contribution in [1.82, 2.24) is 4.72 Å². The summed E-state index contributed by atoms with van der Waals surface area (Å²) in [5.41, 5.74) is 0. The number of aliphatic carboxylic acids is 1. The number of hydrogen-bond acceptors (Lipinski definition) is 3. The van der Waals surface area contributed by atoms with Crippen molar-refractivity contribution in [2.24, 2.45) is 17.8 Å². The normalized spacial score (nSPS) is 28.4. The van der Waals surface area contributed by atoms with Crippen LogP contribution in [0.15, 0.2) is 0 Å². The van der Waals surface area contributed by atoms with Gasteiger partial charge in [-0.05, 0) is 37.5 Å². The minimum Gasteiger partial charge on any atom is -0.481 e. The van der Waals surface area contributed by atoms with Gasteiger partial charge in [0.2, 0.25) is 10.0 Å². The molecule has 2 saturated carbocycles. The zero-order valence-corrected chi connectivity index (χ0v) is 13.4. The maximum absolute atomic E-state index is 12.2. The van der Waals surface area contributed by atoms with Gasteiger partial charge in [-0.25, -0.2) is 13.1 Å². The number of carbonyl (C=O) groups is 1. The average molecular weight is 317 g/mol. The van der Waals surface area contributed by atoms with Gasteiger partial charge in [0, 0.05) is 6.54 Å². The van der Waals surface area contributed by atoms with Crippen molar-refractivity contribution in [3.05, 3.63) is 0 Å². The van der Waals surface area contributed by atoms with E-state index in [1.165, 1.54) is 6.42 Å². The van der Waals surface area contributed by atoms with E-state index in [-0.39, 0.29) is 24.1 Å². The topological polar surface area (TPSA) is 83.5 Å². The summed E-state index contributed by atoms with van der Waals surface area (Å²) in [6.07, 6.45) is 8.89. The van der Waals surface area contributed by atoms with Crippen molar-refractivity contribution in [2.45, 2.75) is 57.8 Å². The molecule has 2 fully saturated rings. The van der Waals surface area contributed by atoms with Crippen LogP contribution >= 0.6 is 0 Å². The second-order valence-corrected chi connectivity index (χ2v) is 8.47. The predicted octanol–water partition coefficient (Wildman–Crippen LogP) is 2.38. The molecule has 5 nitrogen and oxygen atoms in total. The van der Waals surface area contributed by atoms with Crippen LogP contribution < -0.4 is 4.72 Å². The first-order valence-corrected chi connectivity index (χ1v) is 9.83. The van der Waals surface area contributed by atoms with E-state index >= 15 is 0 Å². The molecule has 0 heterocycles. The Balaban J connectivity index is 1.83. The van der Waals surface area contributed by atoms with Crippen LogP contribution in [0.5, 0.6) is 0 Å². The Morgan fingerprint density at radius 1 is 1.00 bits per heavy atom. The van der Waals surface area contributed by atoms with Crippen molar-refractivity contribution in [3.63, 3.8) is 0 Å². The van der Waals surface area contributed by atoms with Crippen LogP contribution in [0.4, 0.5) is 0 Å². The minimum absolute atomic E-state index is 0.0580. The van der Waals surface area contributed by atoms with Gasteiger partial charge < -0.3 is 5.11 Å². The molecular weight excluding hydrogens is 290 g/mol. The quantitative estimate of drug-likeness (QED) is 0.788. The van der Waals surface area contributed by atoms with Crippen LogP contribution in [0.3, 0.4) is 0 Å². The number of rotatable bonds is 6. The van der Waals surface area contributed by atoms with Crippen LogP contribution in [0.2, 0.25) is 0 Å². The van der Waals surface area contributed by atoms with Crippen molar-refractivity contribution in [1.29, 1.82) is 0 Å². The highest BCUT2D eigenvalue weighted by atomic mass is 32.2. The van der Waals surface area contributed by atoms with Crippen molar-refractivity contribution in [2.75, 3.05) is 12.3 Å². The van der Waals surface area contributed by atoms with Gasteiger partial charge in [0.1, 0.15) is 0 Å². The summed E-state index contributed by atoms with van der Waals surface area (Å²) in [6, 6.07) is 0. The van der Waals surface area contributed by atoms with Crippen LogP contribution in [-0.2, 0) is 14.8 Å². The highest BCUT2D eigenvalue weighted by Gasteiger charge is 2.31. The monoisotopic (exact) mass is 317 g/mol. The Hall–Kier alpha value is -0.620. The summed E-state index contributed by atoms with van der Waals surface area (Å²) in [7, 11) is -3.27. The fourth-order valence-corrected chi connectivity index (χ4v) is 5.27. The van der Waals surface area contributed by atoms with E-state index < -0.39 is 21.9 Å². The third-order valence-corrected chi connectivity index (χ3v) is 6.49. The Labute approximate surface area is 127 Å². The number of hydrogen-bond donors (Lipinski definition) is 2. The molecule has 0 aliphatic heterocycles. The van der Waals surface area contributed by atoms with E-state index in [0.29, 0.717) is 6.42 Å². The van der Waals surface area contributed by atoms with Gasteiger partial charge in [0.25, 0.3) is 0 Å². The fourth-order valence-electron chi connectivity index (χ4n) is 3.73. The molecule has 2 unspecified atom stereocenters. The van der Waals surface area contributed by atoms with Gasteiger partial charge in [-0.15, -0.1) is 0 Å². The highest BCUT2D eigenvalue weighted by Crippen LogP contribution is 2.30. The second-order valence-electron chi connectivity index (χ2n) is 6.62. The molecule has 0 bridgehead atoms. The summed E-state index contributed by atoms with van der Waals surface area (Å²) < 4.78 is 27.0. The van der Waals surface area contributed by atoms with Gasteiger partial charge in [0.15, 0.2) is 0 Å². The average Bonchev–Trinajstić information content (AvgIpc) is 2.46. The SMILES string of the molecule is O=C(O)C1CCCCC1CNS(=O)(=O)CC1CCCCC1. The van der Waals surface area contributed by atoms with Crippen LogP contribution in [0.1, 0.15) is 57.8 Å². The zero-order chi connectivity index (χ0) is 15.3. The maximum atomic E-state index is 12.2. The summed E-state index contributed by atoms with van der Waals surface area (Å²) in [6.45, 7) is 0.284. The van der Waals surface area contributed by atoms with Crippen molar-refractivity contribution < 1.29 is 18.3 Å². The lowest BCUT2D eigenvalue weighted by Crippen LogP contribution is -2.39. The third kappa shape index (κ3) is 5.25. The number of carboxylic acid groups (broad SMARTS) is 1. The highest BCUT2D eigenvalue weighted by molar-refractivity contribution is 7.89. The molecule has 2 atom stereocenters. The molecule has 0 spiro atoms. The molecule has 2 aliphatic rings. The molecule has 2 N–H and O–H groups in total. The Morgan fingerprint density at radius 2 is 1.62 bits per heavy atom. The molecule has 21 heavy (non-hydrogen) atoms. The summed E-state index contributed by atoms with van der Waals surface area (Å²) in [5, 5.41) is 9.22. The smallest absolute Gasteiger partial charge is 0.306 e. The van der Waals surface area contributed by atoms with E-state index in [2.05, 4.69) is 4.72 Å². The lowest BCUT2D eigenvalue weighted by atomic mass is 9.79. The molecule has 0 saturated heterocycles. The minimum atomic E-state index is -3.27. The number of carboxylic acids is 1. The second kappa shape index (κ2) is 7.58. The molecule has 2 aliphatic carbocycles. The van der Waals surface area contributed by atoms with Crippen LogP contribution in [-0.4, -0.2) is 31.8 Å². The Morgan fingerprint density at radius 3 is 2.29 bits per heavy atom. The van der Waals surface area contributed by atoms with Crippen LogP contribution in [0, 0.1) is 17.8 Å². The maximum Gasteiger partial charge on any atom is 0.306 e. The molecular formula is C15H27NO4S. The van der Waals surface area contributed by atoms with E-state index in [4.69, 9.17) is 0 Å². The zero-order valence-electron chi connectivity index (χ0n) is 12.6. The molecule has 0 aromatic rings. The molecule has 122 valence electrons. The van der Waals surface area contributed by atoms with Gasteiger partial charge in [-0.3, -0.25) is 4.79 Å². The summed E-state index contributed by atoms with van der Waals surface area (Å²) in [5.74, 6) is -0.755. The van der Waals surface area contributed by atoms with E-state index in [0.717, 1.165) is 44.9 Å². The van der Waals surface area contributed by atoms with Gasteiger partial charge in [0.05, 0.1) is 11.7 Å². The lowest BCUT2D eigenvalue weighted by Gasteiger charge is -2.29.